The van der Waals surface area contributed by atoms with Crippen molar-refractivity contribution in [1.82, 2.24) is 4.90 Å². The molecule has 1 rings (SSSR count). The number of hydrogen-bond donors (Lipinski definition) is 1. The van der Waals surface area contributed by atoms with Gasteiger partial charge in [0, 0.05) is 29.2 Å². The van der Waals surface area contributed by atoms with Crippen molar-refractivity contribution in [3.8, 4) is 11.5 Å². The molecule has 0 saturated carbocycles. The van der Waals surface area contributed by atoms with Crippen LogP contribution in [0.1, 0.15) is 32.3 Å². The molecule has 0 saturated heterocycles. The highest BCUT2D eigenvalue weighted by molar-refractivity contribution is 6.30. The summed E-state index contributed by atoms with van der Waals surface area (Å²) < 4.78 is 5.11. The minimum Gasteiger partial charge on any atom is -0.504 e. The van der Waals surface area contributed by atoms with E-state index in [1.165, 1.54) is 7.11 Å². The van der Waals surface area contributed by atoms with Gasteiger partial charge in [-0.05, 0) is 26.0 Å². The molecular weight excluding hydrogens is 250 g/mol. The molecule has 0 aliphatic rings. The van der Waals surface area contributed by atoms with E-state index in [9.17, 15) is 5.11 Å². The van der Waals surface area contributed by atoms with Gasteiger partial charge in [-0.25, -0.2) is 0 Å². The first-order valence-corrected chi connectivity index (χ1v) is 6.66. The SMILES string of the molecule is CCC(CC)N(C)Cc1cc(Cl)cc(OC)c1O. The van der Waals surface area contributed by atoms with Crippen LogP contribution in [0, 0.1) is 0 Å². The molecule has 0 atom stereocenters. The number of methoxy groups -OCH3 is 1. The number of nitrogens with zero attached hydrogens (tertiary/aromatic N) is 1. The van der Waals surface area contributed by atoms with Crippen molar-refractivity contribution in [1.29, 1.82) is 0 Å². The lowest BCUT2D eigenvalue weighted by molar-refractivity contribution is 0.218. The number of benzene rings is 1. The maximum atomic E-state index is 10.1. The Morgan fingerprint density at radius 2 is 1.94 bits per heavy atom. The predicted octanol–water partition coefficient (Wildman–Crippen LogP) is 3.67. The van der Waals surface area contributed by atoms with Crippen LogP contribution in [-0.2, 0) is 6.54 Å². The van der Waals surface area contributed by atoms with Gasteiger partial charge < -0.3 is 9.84 Å². The van der Waals surface area contributed by atoms with E-state index < -0.39 is 0 Å². The molecule has 0 fully saturated rings. The lowest BCUT2D eigenvalue weighted by Crippen LogP contribution is -2.30. The third-order valence-corrected chi connectivity index (χ3v) is 3.54. The molecule has 0 radical (unpaired) electrons. The first-order chi connectivity index (χ1) is 8.53. The molecule has 0 amide bonds. The van der Waals surface area contributed by atoms with Crippen LogP contribution in [0.5, 0.6) is 11.5 Å². The van der Waals surface area contributed by atoms with E-state index in [0.717, 1.165) is 18.4 Å². The molecule has 0 aromatic heterocycles. The zero-order chi connectivity index (χ0) is 13.7. The molecule has 0 heterocycles. The minimum atomic E-state index is 0.180. The summed E-state index contributed by atoms with van der Waals surface area (Å²) in [6.45, 7) is 5.00. The van der Waals surface area contributed by atoms with Gasteiger partial charge in [0.1, 0.15) is 0 Å². The topological polar surface area (TPSA) is 32.7 Å². The summed E-state index contributed by atoms with van der Waals surface area (Å²) in [7, 11) is 3.59. The summed E-state index contributed by atoms with van der Waals surface area (Å²) >= 11 is 6.02. The van der Waals surface area contributed by atoms with Crippen LogP contribution >= 0.6 is 11.6 Å². The lowest BCUT2D eigenvalue weighted by atomic mass is 10.1. The fourth-order valence-electron chi connectivity index (χ4n) is 2.21. The fraction of sp³-hybridized carbons (Fsp3) is 0.571. The standard InChI is InChI=1S/C14H22ClNO2/c1-5-12(6-2)16(3)9-10-7-11(15)8-13(18-4)14(10)17/h7-8,12,17H,5-6,9H2,1-4H3. The molecule has 1 aromatic rings. The van der Waals surface area contributed by atoms with Crippen LogP contribution in [0.25, 0.3) is 0 Å². The first kappa shape index (κ1) is 15.1. The van der Waals surface area contributed by atoms with Crippen LogP contribution in [0.3, 0.4) is 0 Å². The van der Waals surface area contributed by atoms with Crippen LogP contribution in [0.2, 0.25) is 5.02 Å². The number of hydrogen-bond acceptors (Lipinski definition) is 3. The smallest absolute Gasteiger partial charge is 0.162 e. The van der Waals surface area contributed by atoms with Gasteiger partial charge in [0.25, 0.3) is 0 Å². The summed E-state index contributed by atoms with van der Waals surface area (Å²) in [4.78, 5) is 2.23. The van der Waals surface area contributed by atoms with Crippen molar-refractivity contribution in [2.45, 2.75) is 39.3 Å². The summed E-state index contributed by atoms with van der Waals surface area (Å²) in [5.41, 5.74) is 0.800. The molecule has 0 aliphatic carbocycles. The monoisotopic (exact) mass is 271 g/mol. The molecule has 1 aromatic carbocycles. The van der Waals surface area contributed by atoms with E-state index in [1.807, 2.05) is 0 Å². The van der Waals surface area contributed by atoms with Gasteiger partial charge in [-0.2, -0.15) is 0 Å². The third-order valence-electron chi connectivity index (χ3n) is 3.32. The Labute approximate surface area is 114 Å². The average Bonchev–Trinajstić information content (AvgIpc) is 2.34. The van der Waals surface area contributed by atoms with Crippen molar-refractivity contribution >= 4 is 11.6 Å². The van der Waals surface area contributed by atoms with Gasteiger partial charge in [0.15, 0.2) is 11.5 Å². The Balaban J connectivity index is 2.93. The largest absolute Gasteiger partial charge is 0.504 e. The van der Waals surface area contributed by atoms with Crippen molar-refractivity contribution < 1.29 is 9.84 Å². The zero-order valence-electron chi connectivity index (χ0n) is 11.5. The Hall–Kier alpha value is -0.930. The number of halogens is 1. The maximum absolute atomic E-state index is 10.1. The maximum Gasteiger partial charge on any atom is 0.162 e. The predicted molar refractivity (Wildman–Crippen MR) is 75.5 cm³/mol. The summed E-state index contributed by atoms with van der Waals surface area (Å²) in [5, 5.41) is 10.7. The van der Waals surface area contributed by atoms with E-state index in [2.05, 4.69) is 25.8 Å². The Kier molecular flexibility index (Phi) is 5.76. The van der Waals surface area contributed by atoms with Crippen LogP contribution in [0.15, 0.2) is 12.1 Å². The number of ether oxygens (including phenoxy) is 1. The van der Waals surface area contributed by atoms with Gasteiger partial charge >= 0.3 is 0 Å². The van der Waals surface area contributed by atoms with Gasteiger partial charge in [-0.3, -0.25) is 4.90 Å². The van der Waals surface area contributed by atoms with E-state index >= 15 is 0 Å². The second-order valence-corrected chi connectivity index (χ2v) is 4.94. The molecule has 1 N–H and O–H groups in total. The molecule has 0 bridgehead atoms. The second-order valence-electron chi connectivity index (χ2n) is 4.50. The highest BCUT2D eigenvalue weighted by Gasteiger charge is 2.15. The number of rotatable bonds is 6. The third kappa shape index (κ3) is 3.53. The lowest BCUT2D eigenvalue weighted by Gasteiger charge is -2.26. The molecule has 3 nitrogen and oxygen atoms in total. The number of aromatic hydroxyl groups is 1. The molecule has 0 unspecified atom stereocenters. The van der Waals surface area contributed by atoms with Crippen LogP contribution < -0.4 is 4.74 Å². The normalized spacial score (nSPS) is 11.3. The number of phenolic OH excluding ortho intramolecular Hbond substituents is 1. The van der Waals surface area contributed by atoms with Crippen LogP contribution in [-0.4, -0.2) is 30.2 Å². The molecule has 18 heavy (non-hydrogen) atoms. The summed E-state index contributed by atoms with van der Waals surface area (Å²) in [5.74, 6) is 0.607. The molecular formula is C14H22ClNO2. The van der Waals surface area contributed by atoms with E-state index in [-0.39, 0.29) is 5.75 Å². The number of phenols is 1. The van der Waals surface area contributed by atoms with Crippen molar-refractivity contribution in [3.63, 3.8) is 0 Å². The summed E-state index contributed by atoms with van der Waals surface area (Å²) in [6.07, 6.45) is 2.18. The Bertz CT molecular complexity index is 392. The molecule has 102 valence electrons. The molecule has 0 spiro atoms. The Morgan fingerprint density at radius 3 is 2.44 bits per heavy atom. The van der Waals surface area contributed by atoms with Crippen molar-refractivity contribution in [3.05, 3.63) is 22.7 Å². The molecule has 0 aliphatic heterocycles. The van der Waals surface area contributed by atoms with Gasteiger partial charge in [0.2, 0.25) is 0 Å². The Morgan fingerprint density at radius 1 is 1.33 bits per heavy atom. The fourth-order valence-corrected chi connectivity index (χ4v) is 2.45. The molecule has 4 heteroatoms. The van der Waals surface area contributed by atoms with Gasteiger partial charge in [0.05, 0.1) is 7.11 Å². The van der Waals surface area contributed by atoms with Crippen molar-refractivity contribution in [2.24, 2.45) is 0 Å². The quantitative estimate of drug-likeness (QED) is 0.857. The van der Waals surface area contributed by atoms with Crippen molar-refractivity contribution in [2.75, 3.05) is 14.2 Å². The minimum absolute atomic E-state index is 0.180. The summed E-state index contributed by atoms with van der Waals surface area (Å²) in [6, 6.07) is 3.92. The van der Waals surface area contributed by atoms with Crippen LogP contribution in [0.4, 0.5) is 0 Å². The van der Waals surface area contributed by atoms with Gasteiger partial charge in [-0.15, -0.1) is 0 Å². The highest BCUT2D eigenvalue weighted by Crippen LogP contribution is 2.34. The first-order valence-electron chi connectivity index (χ1n) is 6.29. The average molecular weight is 272 g/mol. The van der Waals surface area contributed by atoms with Gasteiger partial charge in [-0.1, -0.05) is 25.4 Å². The van der Waals surface area contributed by atoms with E-state index in [1.54, 1.807) is 12.1 Å². The van der Waals surface area contributed by atoms with E-state index in [0.29, 0.717) is 23.4 Å². The zero-order valence-corrected chi connectivity index (χ0v) is 12.3. The second kappa shape index (κ2) is 6.86. The van der Waals surface area contributed by atoms with E-state index in [4.69, 9.17) is 16.3 Å². The highest BCUT2D eigenvalue weighted by atomic mass is 35.5.